The summed E-state index contributed by atoms with van der Waals surface area (Å²) in [5.74, 6) is 0.236. The molecule has 1 aromatic carbocycles. The highest BCUT2D eigenvalue weighted by Gasteiger charge is 2.18. The number of nitrogens with one attached hydrogen (secondary N) is 1. The van der Waals surface area contributed by atoms with Crippen LogP contribution in [0.25, 0.3) is 0 Å². The van der Waals surface area contributed by atoms with E-state index in [4.69, 9.17) is 11.6 Å². The van der Waals surface area contributed by atoms with Crippen molar-refractivity contribution < 1.29 is 4.79 Å². The van der Waals surface area contributed by atoms with Crippen LogP contribution in [0.4, 0.5) is 0 Å². The van der Waals surface area contributed by atoms with Gasteiger partial charge in [0.1, 0.15) is 0 Å². The van der Waals surface area contributed by atoms with E-state index >= 15 is 0 Å². The second kappa shape index (κ2) is 7.22. The molecule has 0 radical (unpaired) electrons. The number of carbonyl (C=O) groups is 1. The van der Waals surface area contributed by atoms with Crippen molar-refractivity contribution in [3.05, 3.63) is 47.2 Å². The van der Waals surface area contributed by atoms with Gasteiger partial charge in [-0.3, -0.25) is 4.79 Å². The molecule has 0 fully saturated rings. The molecule has 0 unspecified atom stereocenters. The number of nitrogens with zero attached hydrogens (tertiary/aromatic N) is 3. The van der Waals surface area contributed by atoms with Crippen LogP contribution in [-0.4, -0.2) is 26.9 Å². The molecule has 0 aliphatic rings. The van der Waals surface area contributed by atoms with Crippen molar-refractivity contribution in [2.75, 3.05) is 0 Å². The molecule has 21 heavy (non-hydrogen) atoms. The molecule has 112 valence electrons. The molecular weight excluding hydrogens is 288 g/mol. The molecule has 2 rings (SSSR count). The Hall–Kier alpha value is -1.88. The Kier molecular flexibility index (Phi) is 5.33. The normalized spacial score (nSPS) is 12.4. The molecule has 0 bridgehead atoms. The Labute approximate surface area is 129 Å². The predicted molar refractivity (Wildman–Crippen MR) is 81.9 cm³/mol. The molecule has 0 saturated carbocycles. The number of carbonyl (C=O) groups excluding carboxylic acids is 1. The Bertz CT molecular complexity index is 583. The Morgan fingerprint density at radius 2 is 1.95 bits per heavy atom. The number of hydrogen-bond donors (Lipinski definition) is 1. The van der Waals surface area contributed by atoms with Crippen LogP contribution < -0.4 is 5.32 Å². The first-order valence-corrected chi connectivity index (χ1v) is 7.31. The van der Waals surface area contributed by atoms with Gasteiger partial charge in [-0.15, -0.1) is 0 Å². The van der Waals surface area contributed by atoms with Crippen LogP contribution in [0, 0.1) is 5.92 Å². The molecule has 1 heterocycles. The third-order valence-corrected chi connectivity index (χ3v) is 3.66. The lowest BCUT2D eigenvalue weighted by Gasteiger charge is -2.22. The van der Waals surface area contributed by atoms with E-state index in [1.807, 2.05) is 18.2 Å². The SMILES string of the molecule is CC(C)[C@@H](Cn1nccn1)NC(=O)Cc1ccccc1Cl. The fourth-order valence-corrected chi connectivity index (χ4v) is 2.21. The lowest BCUT2D eigenvalue weighted by Crippen LogP contribution is -2.42. The van der Waals surface area contributed by atoms with Crippen LogP contribution in [0.5, 0.6) is 0 Å². The van der Waals surface area contributed by atoms with Gasteiger partial charge in [0, 0.05) is 5.02 Å². The number of aromatic nitrogens is 3. The van der Waals surface area contributed by atoms with E-state index in [-0.39, 0.29) is 24.3 Å². The van der Waals surface area contributed by atoms with Crippen LogP contribution in [-0.2, 0) is 17.8 Å². The maximum Gasteiger partial charge on any atom is 0.224 e. The third kappa shape index (κ3) is 4.56. The van der Waals surface area contributed by atoms with Crippen LogP contribution in [0.3, 0.4) is 0 Å². The van der Waals surface area contributed by atoms with Gasteiger partial charge in [-0.25, -0.2) is 0 Å². The lowest BCUT2D eigenvalue weighted by molar-refractivity contribution is -0.121. The molecule has 1 amide bonds. The molecule has 0 saturated heterocycles. The van der Waals surface area contributed by atoms with Gasteiger partial charge in [0.15, 0.2) is 0 Å². The molecule has 6 heteroatoms. The minimum atomic E-state index is -0.0473. The summed E-state index contributed by atoms with van der Waals surface area (Å²) in [7, 11) is 0. The highest BCUT2D eigenvalue weighted by atomic mass is 35.5. The maximum absolute atomic E-state index is 12.2. The number of benzene rings is 1. The fraction of sp³-hybridized carbons (Fsp3) is 0.400. The van der Waals surface area contributed by atoms with Crippen molar-refractivity contribution in [2.45, 2.75) is 32.9 Å². The van der Waals surface area contributed by atoms with Gasteiger partial charge in [-0.2, -0.15) is 15.0 Å². The van der Waals surface area contributed by atoms with E-state index in [1.165, 1.54) is 0 Å². The monoisotopic (exact) mass is 306 g/mol. The van der Waals surface area contributed by atoms with E-state index in [2.05, 4.69) is 29.4 Å². The van der Waals surface area contributed by atoms with Gasteiger partial charge >= 0.3 is 0 Å². The summed E-state index contributed by atoms with van der Waals surface area (Å²) in [6.07, 6.45) is 3.53. The van der Waals surface area contributed by atoms with Crippen molar-refractivity contribution in [1.82, 2.24) is 20.3 Å². The summed E-state index contributed by atoms with van der Waals surface area (Å²) >= 11 is 6.08. The highest BCUT2D eigenvalue weighted by molar-refractivity contribution is 6.31. The van der Waals surface area contributed by atoms with Crippen molar-refractivity contribution >= 4 is 17.5 Å². The van der Waals surface area contributed by atoms with Gasteiger partial charge in [-0.05, 0) is 17.5 Å². The third-order valence-electron chi connectivity index (χ3n) is 3.29. The summed E-state index contributed by atoms with van der Waals surface area (Å²) in [5.41, 5.74) is 0.830. The topological polar surface area (TPSA) is 59.8 Å². The van der Waals surface area contributed by atoms with E-state index in [9.17, 15) is 4.79 Å². The standard InChI is InChI=1S/C15H19ClN4O/c1-11(2)14(10-20-17-7-8-18-20)19-15(21)9-12-5-3-4-6-13(12)16/h3-8,11,14H,9-10H2,1-2H3,(H,19,21)/t14-/m1/s1. The number of amides is 1. The zero-order valence-electron chi connectivity index (χ0n) is 12.2. The fourth-order valence-electron chi connectivity index (χ4n) is 2.01. The predicted octanol–water partition coefficient (Wildman–Crippen LogP) is 2.31. The molecular formula is C15H19ClN4O. The number of hydrogen-bond acceptors (Lipinski definition) is 3. The van der Waals surface area contributed by atoms with Crippen molar-refractivity contribution in [3.8, 4) is 0 Å². The van der Waals surface area contributed by atoms with Crippen LogP contribution in [0.1, 0.15) is 19.4 Å². The quantitative estimate of drug-likeness (QED) is 0.891. The highest BCUT2D eigenvalue weighted by Crippen LogP contribution is 2.15. The van der Waals surface area contributed by atoms with Gasteiger partial charge in [0.25, 0.3) is 0 Å². The van der Waals surface area contributed by atoms with E-state index in [0.717, 1.165) is 5.56 Å². The maximum atomic E-state index is 12.2. The van der Waals surface area contributed by atoms with E-state index in [1.54, 1.807) is 23.3 Å². The van der Waals surface area contributed by atoms with Gasteiger partial charge < -0.3 is 5.32 Å². The summed E-state index contributed by atoms with van der Waals surface area (Å²) in [5, 5.41) is 11.8. The number of rotatable bonds is 6. The molecule has 1 aromatic heterocycles. The molecule has 0 aliphatic carbocycles. The lowest BCUT2D eigenvalue weighted by atomic mass is 10.0. The molecule has 1 atom stereocenters. The molecule has 0 aliphatic heterocycles. The molecule has 0 spiro atoms. The summed E-state index contributed by atoms with van der Waals surface area (Å²) in [4.78, 5) is 13.8. The minimum absolute atomic E-state index is 0.0209. The smallest absolute Gasteiger partial charge is 0.224 e. The van der Waals surface area contributed by atoms with Crippen molar-refractivity contribution in [3.63, 3.8) is 0 Å². The van der Waals surface area contributed by atoms with Crippen molar-refractivity contribution in [1.29, 1.82) is 0 Å². The summed E-state index contributed by atoms with van der Waals surface area (Å²) < 4.78 is 0. The molecule has 2 aromatic rings. The van der Waals surface area contributed by atoms with Gasteiger partial charge in [0.2, 0.25) is 5.91 Å². The summed E-state index contributed by atoms with van der Waals surface area (Å²) in [6, 6.07) is 7.36. The Morgan fingerprint density at radius 3 is 2.57 bits per heavy atom. The van der Waals surface area contributed by atoms with Crippen LogP contribution in [0.2, 0.25) is 5.02 Å². The largest absolute Gasteiger partial charge is 0.351 e. The van der Waals surface area contributed by atoms with Gasteiger partial charge in [-0.1, -0.05) is 43.6 Å². The second-order valence-electron chi connectivity index (χ2n) is 5.27. The van der Waals surface area contributed by atoms with Crippen molar-refractivity contribution in [2.24, 2.45) is 5.92 Å². The average Bonchev–Trinajstić information content (AvgIpc) is 2.93. The first kappa shape index (κ1) is 15.5. The molecule has 5 nitrogen and oxygen atoms in total. The first-order chi connectivity index (χ1) is 10.1. The van der Waals surface area contributed by atoms with E-state index in [0.29, 0.717) is 11.6 Å². The minimum Gasteiger partial charge on any atom is -0.351 e. The first-order valence-electron chi connectivity index (χ1n) is 6.93. The van der Waals surface area contributed by atoms with Gasteiger partial charge in [0.05, 0.1) is 31.4 Å². The molecule has 1 N–H and O–H groups in total. The Balaban J connectivity index is 1.97. The second-order valence-corrected chi connectivity index (χ2v) is 5.68. The Morgan fingerprint density at radius 1 is 1.29 bits per heavy atom. The van der Waals surface area contributed by atoms with Crippen LogP contribution >= 0.6 is 11.6 Å². The number of halogens is 1. The average molecular weight is 307 g/mol. The zero-order valence-corrected chi connectivity index (χ0v) is 12.9. The van der Waals surface area contributed by atoms with E-state index < -0.39 is 0 Å². The van der Waals surface area contributed by atoms with Crippen LogP contribution in [0.15, 0.2) is 36.7 Å². The zero-order chi connectivity index (χ0) is 15.2. The summed E-state index contributed by atoms with van der Waals surface area (Å²) in [6.45, 7) is 4.67.